The quantitative estimate of drug-likeness (QED) is 0.658. The number of anilines is 1. The van der Waals surface area contributed by atoms with Crippen molar-refractivity contribution in [2.75, 3.05) is 19.0 Å². The summed E-state index contributed by atoms with van der Waals surface area (Å²) in [6.45, 7) is 0. The Morgan fingerprint density at radius 1 is 1.28 bits per heavy atom. The summed E-state index contributed by atoms with van der Waals surface area (Å²) in [5.74, 6) is -0.114. The molecule has 2 rings (SSSR count). The fourth-order valence-corrected chi connectivity index (χ4v) is 2.49. The van der Waals surface area contributed by atoms with Gasteiger partial charge in [-0.2, -0.15) is 0 Å². The molecule has 0 unspecified atom stereocenters. The molecule has 96 valence electrons. The number of carbonyl (C=O) groups excluding carboxylic acids is 1. The van der Waals surface area contributed by atoms with Gasteiger partial charge in [-0.1, -0.05) is 36.1 Å². The number of benzene rings is 1. The van der Waals surface area contributed by atoms with Crippen molar-refractivity contribution in [3.63, 3.8) is 0 Å². The lowest BCUT2D eigenvalue weighted by Gasteiger charge is -2.11. The van der Waals surface area contributed by atoms with Crippen LogP contribution in [0.4, 0.5) is 5.69 Å². The molecule has 1 fully saturated rings. The lowest BCUT2D eigenvalue weighted by atomic mass is 10.2. The number of rotatable bonds is 2. The van der Waals surface area contributed by atoms with Crippen molar-refractivity contribution in [2.45, 2.75) is 0 Å². The molecule has 1 amide bonds. The van der Waals surface area contributed by atoms with E-state index in [-0.39, 0.29) is 11.4 Å². The van der Waals surface area contributed by atoms with Crippen molar-refractivity contribution in [2.24, 2.45) is 0 Å². The van der Waals surface area contributed by atoms with Crippen LogP contribution in [0.5, 0.6) is 0 Å². The number of carbonyl (C=O) groups is 1. The Labute approximate surface area is 115 Å². The Balaban J connectivity index is 0.00000162. The molecule has 1 aromatic carbocycles. The topological polar surface area (TPSA) is 63.8 Å². The van der Waals surface area contributed by atoms with Crippen molar-refractivity contribution >= 4 is 46.0 Å². The molecule has 0 atom stereocenters. The van der Waals surface area contributed by atoms with Crippen LogP contribution in [0.15, 0.2) is 29.2 Å². The zero-order valence-electron chi connectivity index (χ0n) is 10.1. The number of hydrogen-bond donors (Lipinski definition) is 1. The Kier molecular flexibility index (Phi) is 4.89. The van der Waals surface area contributed by atoms with Crippen molar-refractivity contribution < 1.29 is 10.3 Å². The molecule has 4 nitrogen and oxygen atoms in total. The Morgan fingerprint density at radius 2 is 1.89 bits per heavy atom. The van der Waals surface area contributed by atoms with Crippen molar-refractivity contribution in [3.05, 3.63) is 34.7 Å². The number of thioether (sulfide) groups is 1. The minimum absolute atomic E-state index is 0. The van der Waals surface area contributed by atoms with Crippen molar-refractivity contribution in [1.29, 1.82) is 0 Å². The van der Waals surface area contributed by atoms with Gasteiger partial charge in [-0.15, -0.1) is 0 Å². The fraction of sp³-hybridized carbons (Fsp3) is 0.167. The largest absolute Gasteiger partial charge is 0.412 e. The van der Waals surface area contributed by atoms with Crippen LogP contribution in [0, 0.1) is 0 Å². The van der Waals surface area contributed by atoms with Crippen LogP contribution in [0.1, 0.15) is 5.56 Å². The molecule has 1 aromatic rings. The van der Waals surface area contributed by atoms with Gasteiger partial charge in [0.1, 0.15) is 4.32 Å². The van der Waals surface area contributed by atoms with Crippen LogP contribution in [0.3, 0.4) is 0 Å². The highest BCUT2D eigenvalue weighted by atomic mass is 32.2. The molecule has 0 aromatic heterocycles. The number of thiocarbonyl (C=S) groups is 1. The smallest absolute Gasteiger partial charge is 0.263 e. The third-order valence-electron chi connectivity index (χ3n) is 2.35. The number of nitrogens with one attached hydrogen (secondary N) is 1. The van der Waals surface area contributed by atoms with Crippen molar-refractivity contribution in [1.82, 2.24) is 5.32 Å². The van der Waals surface area contributed by atoms with Crippen LogP contribution in [-0.2, 0) is 4.79 Å². The van der Waals surface area contributed by atoms with Gasteiger partial charge in [0.2, 0.25) is 0 Å². The van der Waals surface area contributed by atoms with Crippen molar-refractivity contribution in [3.8, 4) is 0 Å². The molecular formula is C12H14N2O2S2. The van der Waals surface area contributed by atoms with E-state index < -0.39 is 0 Å². The highest BCUT2D eigenvalue weighted by Crippen LogP contribution is 2.26. The molecule has 1 aliphatic rings. The van der Waals surface area contributed by atoms with Gasteiger partial charge in [0, 0.05) is 19.8 Å². The zero-order chi connectivity index (χ0) is 12.4. The number of amides is 1. The van der Waals surface area contributed by atoms with Gasteiger partial charge in [-0.3, -0.25) is 4.79 Å². The molecule has 3 N–H and O–H groups in total. The third kappa shape index (κ3) is 3.32. The molecule has 18 heavy (non-hydrogen) atoms. The molecule has 0 bridgehead atoms. The second-order valence-electron chi connectivity index (χ2n) is 3.84. The SMILES string of the molecule is CN(C)c1ccc(C=C2SC(=S)NC2=O)cc1.O. The van der Waals surface area contributed by atoms with Gasteiger partial charge in [0.05, 0.1) is 4.91 Å². The summed E-state index contributed by atoms with van der Waals surface area (Å²) in [7, 11) is 3.98. The van der Waals surface area contributed by atoms with E-state index in [1.165, 1.54) is 11.8 Å². The summed E-state index contributed by atoms with van der Waals surface area (Å²) in [5, 5.41) is 2.60. The summed E-state index contributed by atoms with van der Waals surface area (Å²) in [6, 6.07) is 8.00. The van der Waals surface area contributed by atoms with Crippen LogP contribution < -0.4 is 10.2 Å². The average molecular weight is 282 g/mol. The highest BCUT2D eigenvalue weighted by Gasteiger charge is 2.21. The summed E-state index contributed by atoms with van der Waals surface area (Å²) in [4.78, 5) is 14.1. The summed E-state index contributed by atoms with van der Waals surface area (Å²) in [6.07, 6.45) is 1.85. The number of nitrogens with zero attached hydrogens (tertiary/aromatic N) is 1. The maximum atomic E-state index is 11.5. The van der Waals surface area contributed by atoms with E-state index in [2.05, 4.69) is 5.32 Å². The first kappa shape index (κ1) is 14.7. The molecule has 6 heteroatoms. The van der Waals surface area contributed by atoms with Crippen LogP contribution >= 0.6 is 24.0 Å². The number of hydrogen-bond acceptors (Lipinski definition) is 4. The van der Waals surface area contributed by atoms with E-state index in [1.54, 1.807) is 0 Å². The molecule has 0 spiro atoms. The molecule has 0 radical (unpaired) electrons. The van der Waals surface area contributed by atoms with E-state index in [0.717, 1.165) is 11.3 Å². The summed E-state index contributed by atoms with van der Waals surface area (Å²) >= 11 is 6.23. The Bertz CT molecular complexity index is 495. The molecule has 1 heterocycles. The zero-order valence-corrected chi connectivity index (χ0v) is 11.7. The first-order valence-corrected chi connectivity index (χ1v) is 6.31. The molecular weight excluding hydrogens is 268 g/mol. The molecule has 1 aliphatic heterocycles. The second-order valence-corrected chi connectivity index (χ2v) is 5.56. The van der Waals surface area contributed by atoms with Gasteiger partial charge in [-0.05, 0) is 23.8 Å². The second kappa shape index (κ2) is 5.99. The fourth-order valence-electron chi connectivity index (χ4n) is 1.44. The van der Waals surface area contributed by atoms with Gasteiger partial charge in [0.15, 0.2) is 0 Å². The van der Waals surface area contributed by atoms with Gasteiger partial charge in [0.25, 0.3) is 5.91 Å². The lowest BCUT2D eigenvalue weighted by Crippen LogP contribution is -2.17. The summed E-state index contributed by atoms with van der Waals surface area (Å²) < 4.78 is 0.520. The third-order valence-corrected chi connectivity index (χ3v) is 3.51. The first-order chi connectivity index (χ1) is 8.06. The van der Waals surface area contributed by atoms with Crippen LogP contribution in [0.25, 0.3) is 6.08 Å². The predicted octanol–water partition coefficient (Wildman–Crippen LogP) is 1.42. The van der Waals surface area contributed by atoms with Gasteiger partial charge >= 0.3 is 0 Å². The minimum Gasteiger partial charge on any atom is -0.412 e. The Morgan fingerprint density at radius 3 is 2.33 bits per heavy atom. The maximum absolute atomic E-state index is 11.5. The van der Waals surface area contributed by atoms with Crippen LogP contribution in [-0.4, -0.2) is 29.8 Å². The van der Waals surface area contributed by atoms with Gasteiger partial charge in [-0.25, -0.2) is 0 Å². The first-order valence-electron chi connectivity index (χ1n) is 5.08. The monoisotopic (exact) mass is 282 g/mol. The standard InChI is InChI=1S/C12H12N2OS2.H2O/c1-14(2)9-5-3-8(4-6-9)7-10-11(15)13-12(16)17-10;/h3-7H,1-2H3,(H,13,15,16);1H2. The van der Waals surface area contributed by atoms with Crippen LogP contribution in [0.2, 0.25) is 0 Å². The molecule has 1 saturated heterocycles. The average Bonchev–Trinajstić information content (AvgIpc) is 2.58. The Hall–Kier alpha value is -1.37. The van der Waals surface area contributed by atoms with E-state index in [0.29, 0.717) is 9.23 Å². The van der Waals surface area contributed by atoms with E-state index in [4.69, 9.17) is 12.2 Å². The van der Waals surface area contributed by atoms with E-state index in [1.807, 2.05) is 49.3 Å². The normalized spacial score (nSPS) is 16.4. The van der Waals surface area contributed by atoms with Gasteiger partial charge < -0.3 is 15.7 Å². The lowest BCUT2D eigenvalue weighted by molar-refractivity contribution is -0.115. The van der Waals surface area contributed by atoms with E-state index in [9.17, 15) is 4.79 Å². The maximum Gasteiger partial charge on any atom is 0.263 e. The summed E-state index contributed by atoms with van der Waals surface area (Å²) in [5.41, 5.74) is 2.13. The molecule has 0 aliphatic carbocycles. The highest BCUT2D eigenvalue weighted by molar-refractivity contribution is 8.26. The molecule has 0 saturated carbocycles. The predicted molar refractivity (Wildman–Crippen MR) is 80.7 cm³/mol. The van der Waals surface area contributed by atoms with E-state index >= 15 is 0 Å². The minimum atomic E-state index is -0.114.